The Morgan fingerprint density at radius 3 is 2.24 bits per heavy atom. The summed E-state index contributed by atoms with van der Waals surface area (Å²) in [5.41, 5.74) is 1.46. The van der Waals surface area contributed by atoms with Crippen molar-refractivity contribution >= 4 is 17.4 Å². The number of carbonyl (C=O) groups excluding carboxylic acids is 2. The molecular formula is C22H21NO6. The number of nitro groups is 1. The Bertz CT molecular complexity index is 1010. The molecule has 0 fully saturated rings. The van der Waals surface area contributed by atoms with Gasteiger partial charge in [0.05, 0.1) is 12.0 Å². The fraction of sp³-hybridized carbons (Fsp3) is 0.273. The van der Waals surface area contributed by atoms with Crippen LogP contribution in [0.15, 0.2) is 54.3 Å². The molecule has 0 spiro atoms. The number of nitro benzene ring substituents is 1. The van der Waals surface area contributed by atoms with E-state index in [0.717, 1.165) is 30.0 Å². The summed E-state index contributed by atoms with van der Waals surface area (Å²) in [7, 11) is 1.20. The standard InChI is InChI=1S/C22H21NO6/c1-4-14-6-7-17(12-15(14)5-2)22(16-8-10-18(11-9-16)23(26)27)20(24)13-19(29-22)21(25)28-3/h6-13H,4-5H2,1-3H3. The molecule has 0 aromatic heterocycles. The molecule has 0 bridgehead atoms. The van der Waals surface area contributed by atoms with Crippen molar-refractivity contribution in [2.45, 2.75) is 32.3 Å². The van der Waals surface area contributed by atoms with Crippen LogP contribution in [0.25, 0.3) is 0 Å². The van der Waals surface area contributed by atoms with E-state index in [1.54, 1.807) is 6.07 Å². The zero-order valence-corrected chi connectivity index (χ0v) is 16.4. The molecule has 3 rings (SSSR count). The first-order valence-electron chi connectivity index (χ1n) is 9.28. The lowest BCUT2D eigenvalue weighted by molar-refractivity contribution is -0.384. The number of hydrogen-bond donors (Lipinski definition) is 0. The van der Waals surface area contributed by atoms with Gasteiger partial charge in [-0.15, -0.1) is 0 Å². The van der Waals surface area contributed by atoms with Crippen LogP contribution in [-0.2, 0) is 37.5 Å². The number of esters is 1. The molecule has 1 unspecified atom stereocenters. The van der Waals surface area contributed by atoms with E-state index >= 15 is 0 Å². The Labute approximate surface area is 168 Å². The van der Waals surface area contributed by atoms with E-state index in [1.807, 2.05) is 26.0 Å². The zero-order valence-electron chi connectivity index (χ0n) is 16.4. The number of ether oxygens (including phenoxy) is 2. The Balaban J connectivity index is 2.19. The van der Waals surface area contributed by atoms with E-state index in [4.69, 9.17) is 9.47 Å². The second kappa shape index (κ2) is 7.87. The number of carbonyl (C=O) groups is 2. The van der Waals surface area contributed by atoms with Gasteiger partial charge < -0.3 is 9.47 Å². The maximum atomic E-state index is 13.2. The lowest BCUT2D eigenvalue weighted by Gasteiger charge is -2.30. The summed E-state index contributed by atoms with van der Waals surface area (Å²) < 4.78 is 10.6. The third kappa shape index (κ3) is 3.40. The molecule has 150 valence electrons. The van der Waals surface area contributed by atoms with E-state index in [2.05, 4.69) is 0 Å². The molecule has 7 heteroatoms. The molecule has 29 heavy (non-hydrogen) atoms. The van der Waals surface area contributed by atoms with E-state index in [-0.39, 0.29) is 11.4 Å². The van der Waals surface area contributed by atoms with Gasteiger partial charge in [-0.05, 0) is 36.1 Å². The largest absolute Gasteiger partial charge is 0.463 e. The first-order valence-corrected chi connectivity index (χ1v) is 9.28. The molecule has 1 heterocycles. The van der Waals surface area contributed by atoms with Crippen LogP contribution < -0.4 is 0 Å². The number of methoxy groups -OCH3 is 1. The molecule has 0 radical (unpaired) electrons. The van der Waals surface area contributed by atoms with Crippen LogP contribution in [0, 0.1) is 10.1 Å². The van der Waals surface area contributed by atoms with E-state index in [9.17, 15) is 19.7 Å². The van der Waals surface area contributed by atoms with Crippen LogP contribution in [0.3, 0.4) is 0 Å². The average Bonchev–Trinajstić information content (AvgIpc) is 3.10. The summed E-state index contributed by atoms with van der Waals surface area (Å²) >= 11 is 0. The van der Waals surface area contributed by atoms with Crippen LogP contribution in [0.5, 0.6) is 0 Å². The van der Waals surface area contributed by atoms with Gasteiger partial charge >= 0.3 is 5.97 Å². The first kappa shape index (κ1) is 20.3. The topological polar surface area (TPSA) is 95.7 Å². The fourth-order valence-electron chi connectivity index (χ4n) is 3.57. The highest BCUT2D eigenvalue weighted by molar-refractivity contribution is 6.08. The predicted octanol–water partition coefficient (Wildman–Crippen LogP) is 3.62. The van der Waals surface area contributed by atoms with Crippen LogP contribution in [0.2, 0.25) is 0 Å². The zero-order chi connectivity index (χ0) is 21.2. The van der Waals surface area contributed by atoms with Crippen molar-refractivity contribution in [3.05, 3.63) is 86.7 Å². The van der Waals surface area contributed by atoms with Gasteiger partial charge in [0.1, 0.15) is 0 Å². The monoisotopic (exact) mass is 395 g/mol. The number of hydrogen-bond acceptors (Lipinski definition) is 6. The summed E-state index contributed by atoms with van der Waals surface area (Å²) in [5.74, 6) is -1.41. The molecule has 2 aromatic rings. The van der Waals surface area contributed by atoms with Gasteiger partial charge in [0.25, 0.3) is 5.69 Å². The van der Waals surface area contributed by atoms with Gasteiger partial charge in [-0.1, -0.05) is 32.0 Å². The maximum absolute atomic E-state index is 13.2. The lowest BCUT2D eigenvalue weighted by Crippen LogP contribution is -2.35. The van der Waals surface area contributed by atoms with Gasteiger partial charge in [-0.3, -0.25) is 14.9 Å². The van der Waals surface area contributed by atoms with Crippen molar-refractivity contribution in [3.8, 4) is 0 Å². The van der Waals surface area contributed by atoms with Crippen LogP contribution in [0.1, 0.15) is 36.1 Å². The molecule has 7 nitrogen and oxygen atoms in total. The summed E-state index contributed by atoms with van der Waals surface area (Å²) in [6.07, 6.45) is 2.72. The Morgan fingerprint density at radius 2 is 1.69 bits per heavy atom. The molecule has 2 aromatic carbocycles. The van der Waals surface area contributed by atoms with E-state index in [1.165, 1.54) is 31.4 Å². The summed E-state index contributed by atoms with van der Waals surface area (Å²) in [4.78, 5) is 35.7. The minimum atomic E-state index is -1.60. The smallest absolute Gasteiger partial charge is 0.373 e. The fourth-order valence-corrected chi connectivity index (χ4v) is 3.57. The quantitative estimate of drug-likeness (QED) is 0.421. The maximum Gasteiger partial charge on any atom is 0.373 e. The molecule has 1 aliphatic rings. The van der Waals surface area contributed by atoms with Gasteiger partial charge in [-0.2, -0.15) is 0 Å². The number of non-ortho nitro benzene ring substituents is 1. The molecule has 0 saturated carbocycles. The molecule has 1 atom stereocenters. The minimum Gasteiger partial charge on any atom is -0.463 e. The van der Waals surface area contributed by atoms with Crippen molar-refractivity contribution in [1.82, 2.24) is 0 Å². The highest BCUT2D eigenvalue weighted by Crippen LogP contribution is 2.42. The second-order valence-electron chi connectivity index (χ2n) is 6.64. The van der Waals surface area contributed by atoms with Crippen LogP contribution >= 0.6 is 0 Å². The van der Waals surface area contributed by atoms with E-state index in [0.29, 0.717) is 11.1 Å². The molecule has 1 aliphatic heterocycles. The molecule has 0 N–H and O–H groups in total. The summed E-state index contributed by atoms with van der Waals surface area (Å²) in [5, 5.41) is 11.0. The van der Waals surface area contributed by atoms with Crippen molar-refractivity contribution in [2.75, 3.05) is 7.11 Å². The van der Waals surface area contributed by atoms with Gasteiger partial charge in [-0.25, -0.2) is 4.79 Å². The molecular weight excluding hydrogens is 374 g/mol. The first-order chi connectivity index (χ1) is 13.9. The van der Waals surface area contributed by atoms with E-state index < -0.39 is 22.3 Å². The third-order valence-electron chi connectivity index (χ3n) is 5.12. The number of ketones is 1. The molecule has 0 aliphatic carbocycles. The lowest BCUT2D eigenvalue weighted by atomic mass is 9.81. The Kier molecular flexibility index (Phi) is 5.50. The van der Waals surface area contributed by atoms with Crippen LogP contribution in [-0.4, -0.2) is 23.8 Å². The Hall–Kier alpha value is -3.48. The van der Waals surface area contributed by atoms with Crippen molar-refractivity contribution < 1.29 is 24.0 Å². The predicted molar refractivity (Wildman–Crippen MR) is 105 cm³/mol. The summed E-state index contributed by atoms with van der Waals surface area (Å²) in [6.45, 7) is 4.07. The Morgan fingerprint density at radius 1 is 1.07 bits per heavy atom. The molecule has 0 amide bonds. The molecule has 0 saturated heterocycles. The van der Waals surface area contributed by atoms with Gasteiger partial charge in [0, 0.05) is 29.3 Å². The van der Waals surface area contributed by atoms with Crippen molar-refractivity contribution in [1.29, 1.82) is 0 Å². The normalized spacial score (nSPS) is 18.2. The van der Waals surface area contributed by atoms with Crippen molar-refractivity contribution in [3.63, 3.8) is 0 Å². The van der Waals surface area contributed by atoms with Gasteiger partial charge in [0.15, 0.2) is 0 Å². The highest BCUT2D eigenvalue weighted by atomic mass is 16.6. The number of nitrogens with zero attached hydrogens (tertiary/aromatic N) is 1. The number of benzene rings is 2. The third-order valence-corrected chi connectivity index (χ3v) is 5.12. The average molecular weight is 395 g/mol. The van der Waals surface area contributed by atoms with Crippen LogP contribution in [0.4, 0.5) is 5.69 Å². The second-order valence-corrected chi connectivity index (χ2v) is 6.64. The van der Waals surface area contributed by atoms with Gasteiger partial charge in [0.2, 0.25) is 17.1 Å². The number of aryl methyl sites for hydroxylation is 2. The summed E-state index contributed by atoms with van der Waals surface area (Å²) in [6, 6.07) is 11.2. The van der Waals surface area contributed by atoms with Crippen molar-refractivity contribution in [2.24, 2.45) is 0 Å². The number of rotatable bonds is 6. The highest BCUT2D eigenvalue weighted by Gasteiger charge is 2.50. The SMILES string of the molecule is CCc1ccc(C2(c3ccc([N+](=O)[O-])cc3)OC(C(=O)OC)=CC2=O)cc1CC. The minimum absolute atomic E-state index is 0.105.